The van der Waals surface area contributed by atoms with Crippen LogP contribution >= 0.6 is 11.5 Å². The molecule has 1 N–H and O–H groups in total. The molecule has 0 bridgehead atoms. The van der Waals surface area contributed by atoms with Crippen LogP contribution in [0, 0.1) is 6.92 Å². The van der Waals surface area contributed by atoms with Crippen LogP contribution in [-0.2, 0) is 26.5 Å². The van der Waals surface area contributed by atoms with Gasteiger partial charge in [0.1, 0.15) is 17.2 Å². The molecule has 0 fully saturated rings. The number of benzene rings is 1. The fraction of sp³-hybridized carbons (Fsp3) is 0.500. The number of aromatic nitrogens is 2. The van der Waals surface area contributed by atoms with E-state index in [1.54, 1.807) is 19.1 Å². The third-order valence-corrected chi connectivity index (χ3v) is 5.67. The van der Waals surface area contributed by atoms with E-state index < -0.39 is 10.0 Å². The van der Waals surface area contributed by atoms with Crippen molar-refractivity contribution in [3.05, 3.63) is 24.0 Å². The van der Waals surface area contributed by atoms with Crippen LogP contribution in [0.25, 0.3) is 0 Å². The molecule has 0 spiro atoms. The molecule has 0 aliphatic carbocycles. The first kappa shape index (κ1) is 23.6. The summed E-state index contributed by atoms with van der Waals surface area (Å²) in [5.41, 5.74) is 1.69. The number of hydrogen-bond acceptors (Lipinski definition) is 8. The zero-order valence-electron chi connectivity index (χ0n) is 15.7. The molecule has 0 radical (unpaired) electrons. The van der Waals surface area contributed by atoms with Crippen LogP contribution in [0.15, 0.2) is 32.8 Å². The Labute approximate surface area is 174 Å². The summed E-state index contributed by atoms with van der Waals surface area (Å²) < 4.78 is 30.5. The van der Waals surface area contributed by atoms with Crippen molar-refractivity contribution >= 4 is 43.7 Å². The van der Waals surface area contributed by atoms with Crippen LogP contribution in [0.4, 0.5) is 22.2 Å². The van der Waals surface area contributed by atoms with Gasteiger partial charge in [-0.15, -0.1) is 10.2 Å². The Morgan fingerprint density at radius 3 is 2.44 bits per heavy atom. The molecule has 0 saturated heterocycles. The maximum Gasteiger partial charge on any atom is 2.00 e. The van der Waals surface area contributed by atoms with Gasteiger partial charge in [0.25, 0.3) is 0 Å². The van der Waals surface area contributed by atoms with Crippen molar-refractivity contribution in [1.29, 1.82) is 0 Å². The van der Waals surface area contributed by atoms with Gasteiger partial charge in [0.15, 0.2) is 10.0 Å². The largest absolute Gasteiger partial charge is 2.00 e. The van der Waals surface area contributed by atoms with Gasteiger partial charge in [-0.2, -0.15) is 8.74 Å². The molecule has 2 rings (SSSR count). The molecule has 1 aromatic heterocycles. The molecule has 0 aliphatic rings. The van der Waals surface area contributed by atoms with E-state index in [4.69, 9.17) is 0 Å². The molecule has 0 aliphatic heterocycles. The normalized spacial score (nSPS) is 13.2. The van der Waals surface area contributed by atoms with Crippen molar-refractivity contribution < 1.29 is 25.3 Å². The van der Waals surface area contributed by atoms with E-state index in [1.807, 2.05) is 13.0 Å². The fourth-order valence-electron chi connectivity index (χ4n) is 2.34. The number of aryl methyl sites for hydroxylation is 1. The molecule has 27 heavy (non-hydrogen) atoms. The van der Waals surface area contributed by atoms with Gasteiger partial charge in [-0.1, -0.05) is 6.92 Å². The van der Waals surface area contributed by atoms with Crippen LogP contribution in [0.1, 0.15) is 33.0 Å². The van der Waals surface area contributed by atoms with Gasteiger partial charge in [0.05, 0.1) is 5.75 Å². The summed E-state index contributed by atoms with van der Waals surface area (Å²) in [5.74, 6) is 0.737. The van der Waals surface area contributed by atoms with Crippen LogP contribution in [-0.4, -0.2) is 37.0 Å². The standard InChI is InChI=1S/C16H24N6O2S2.Ni/c1-5-10-26(23,24)21-15-11-13(22(6-2)7-3)8-9-14(15)18-19-16-17-12(4)20-25-16;/h8-9,11H,5-7,10H2,1-4H3,(H,21,23,24);/q;+2. The van der Waals surface area contributed by atoms with Crippen molar-refractivity contribution in [2.45, 2.75) is 34.1 Å². The van der Waals surface area contributed by atoms with E-state index in [0.29, 0.717) is 28.8 Å². The fourth-order valence-corrected chi connectivity index (χ4v) is 3.93. The second kappa shape index (κ2) is 10.8. The van der Waals surface area contributed by atoms with Crippen molar-refractivity contribution in [1.82, 2.24) is 9.36 Å². The predicted octanol–water partition coefficient (Wildman–Crippen LogP) is 5.09. The monoisotopic (exact) mass is 454 g/mol. The summed E-state index contributed by atoms with van der Waals surface area (Å²) in [6, 6.07) is 5.44. The van der Waals surface area contributed by atoms with Gasteiger partial charge in [-0.3, -0.25) is 0 Å². The molecular weight excluding hydrogens is 431 g/mol. The zero-order valence-corrected chi connectivity index (χ0v) is 18.4. The maximum absolute atomic E-state index is 12.3. The smallest absolute Gasteiger partial charge is 0.372 e. The Morgan fingerprint density at radius 2 is 1.89 bits per heavy atom. The van der Waals surface area contributed by atoms with E-state index in [-0.39, 0.29) is 22.2 Å². The van der Waals surface area contributed by atoms with Gasteiger partial charge in [-0.05, 0) is 45.4 Å². The first-order chi connectivity index (χ1) is 12.4. The van der Waals surface area contributed by atoms with Crippen LogP contribution in [0.5, 0.6) is 0 Å². The number of azo groups is 1. The molecule has 1 unspecified atom stereocenters. The summed E-state index contributed by atoms with van der Waals surface area (Å²) in [7, 11) is -3.31. The van der Waals surface area contributed by atoms with Gasteiger partial charge < -0.3 is 9.45 Å². The van der Waals surface area contributed by atoms with Gasteiger partial charge >= 0.3 is 16.5 Å². The molecule has 0 amide bonds. The SMILES string of the molecule is CCCS(=O)(O)=Nc1cc(N(CC)CC)ccc1N=Nc1nc(C)ns1.[Ni+2]. The van der Waals surface area contributed by atoms with E-state index in [1.165, 1.54) is 0 Å². The van der Waals surface area contributed by atoms with Gasteiger partial charge in [-0.25, -0.2) is 9.19 Å². The summed E-state index contributed by atoms with van der Waals surface area (Å²) in [6.45, 7) is 9.38. The van der Waals surface area contributed by atoms with E-state index in [0.717, 1.165) is 30.3 Å². The summed E-state index contributed by atoms with van der Waals surface area (Å²) in [6.07, 6.45) is 0.565. The second-order valence-electron chi connectivity index (χ2n) is 5.57. The third-order valence-electron chi connectivity index (χ3n) is 3.56. The van der Waals surface area contributed by atoms with E-state index >= 15 is 0 Å². The number of hydrogen-bond donors (Lipinski definition) is 1. The van der Waals surface area contributed by atoms with Crippen LogP contribution in [0.3, 0.4) is 0 Å². The number of rotatable bonds is 8. The summed E-state index contributed by atoms with van der Waals surface area (Å²) in [5, 5.41) is 8.67. The molecule has 1 heterocycles. The van der Waals surface area contributed by atoms with Crippen LogP contribution < -0.4 is 4.90 Å². The average Bonchev–Trinajstić information content (AvgIpc) is 3.00. The maximum atomic E-state index is 12.3. The average molecular weight is 455 g/mol. The first-order valence-electron chi connectivity index (χ1n) is 8.46. The van der Waals surface area contributed by atoms with Crippen molar-refractivity contribution in [2.24, 2.45) is 14.6 Å². The quantitative estimate of drug-likeness (QED) is 0.441. The van der Waals surface area contributed by atoms with Crippen LogP contribution in [0.2, 0.25) is 0 Å². The second-order valence-corrected chi connectivity index (χ2v) is 8.11. The Morgan fingerprint density at radius 1 is 1.19 bits per heavy atom. The molecule has 2 aromatic rings. The topological polar surface area (TPSA) is 103 Å². The number of anilines is 1. The Balaban J connectivity index is 0.00000364. The Hall–Kier alpha value is -1.42. The van der Waals surface area contributed by atoms with E-state index in [9.17, 15) is 8.76 Å². The Kier molecular flexibility index (Phi) is 9.45. The number of nitrogens with zero attached hydrogens (tertiary/aromatic N) is 6. The van der Waals surface area contributed by atoms with Crippen molar-refractivity contribution in [2.75, 3.05) is 23.7 Å². The zero-order chi connectivity index (χ0) is 19.2. The molecule has 0 saturated carbocycles. The van der Waals surface area contributed by atoms with Gasteiger partial charge in [0, 0.05) is 30.3 Å². The molecule has 1 atom stereocenters. The van der Waals surface area contributed by atoms with E-state index in [2.05, 4.69) is 42.7 Å². The minimum Gasteiger partial charge on any atom is -0.372 e. The minimum atomic E-state index is -3.31. The molecule has 11 heteroatoms. The third kappa shape index (κ3) is 6.91. The van der Waals surface area contributed by atoms with Crippen molar-refractivity contribution in [3.8, 4) is 0 Å². The predicted molar refractivity (Wildman–Crippen MR) is 107 cm³/mol. The molecular formula is C16H24N6NiO2S2+2. The minimum absolute atomic E-state index is 0. The molecule has 1 aromatic carbocycles. The molecule has 8 nitrogen and oxygen atoms in total. The summed E-state index contributed by atoms with van der Waals surface area (Å²) in [4.78, 5) is 6.27. The summed E-state index contributed by atoms with van der Waals surface area (Å²) >= 11 is 1.14. The molecule has 150 valence electrons. The first-order valence-corrected chi connectivity index (χ1v) is 10.9. The van der Waals surface area contributed by atoms with Gasteiger partial charge in [0.2, 0.25) is 5.13 Å². The van der Waals surface area contributed by atoms with Crippen molar-refractivity contribution in [3.63, 3.8) is 0 Å². The Bertz CT molecular complexity index is 889.